The van der Waals surface area contributed by atoms with Gasteiger partial charge in [0.15, 0.2) is 0 Å². The van der Waals surface area contributed by atoms with Crippen LogP contribution in [0.3, 0.4) is 0 Å². The largest absolute Gasteiger partial charge is 0.478 e. The fourth-order valence-corrected chi connectivity index (χ4v) is 3.56. The van der Waals surface area contributed by atoms with Crippen LogP contribution >= 0.6 is 11.6 Å². The lowest BCUT2D eigenvalue weighted by molar-refractivity contribution is 0.0696. The van der Waals surface area contributed by atoms with E-state index in [1.807, 2.05) is 6.92 Å². The summed E-state index contributed by atoms with van der Waals surface area (Å²) in [5.41, 5.74) is 2.03. The summed E-state index contributed by atoms with van der Waals surface area (Å²) in [6, 6.07) is 3.78. The number of carboxylic acids is 1. The van der Waals surface area contributed by atoms with E-state index in [1.165, 1.54) is 32.1 Å². The molecule has 110 valence electrons. The second-order valence-corrected chi connectivity index (χ2v) is 5.86. The minimum atomic E-state index is -0.889. The third kappa shape index (κ3) is 2.93. The van der Waals surface area contributed by atoms with Crippen molar-refractivity contribution in [3.05, 3.63) is 28.3 Å². The molecule has 1 aromatic rings. The van der Waals surface area contributed by atoms with E-state index in [9.17, 15) is 9.90 Å². The van der Waals surface area contributed by atoms with Crippen molar-refractivity contribution < 1.29 is 9.90 Å². The first-order valence-corrected chi connectivity index (χ1v) is 7.73. The van der Waals surface area contributed by atoms with Crippen LogP contribution in [0.15, 0.2) is 12.1 Å². The molecule has 3 nitrogen and oxygen atoms in total. The zero-order chi connectivity index (χ0) is 14.7. The number of rotatable bonds is 4. The van der Waals surface area contributed by atoms with Crippen LogP contribution in [0.4, 0.5) is 5.69 Å². The lowest BCUT2D eigenvalue weighted by Gasteiger charge is -2.37. The predicted octanol–water partition coefficient (Wildman–Crippen LogP) is 4.51. The highest BCUT2D eigenvalue weighted by Crippen LogP contribution is 2.36. The van der Waals surface area contributed by atoms with E-state index in [4.69, 9.17) is 11.6 Å². The topological polar surface area (TPSA) is 40.5 Å². The molecule has 20 heavy (non-hydrogen) atoms. The molecule has 1 saturated carbocycles. The molecule has 4 heteroatoms. The Balaban J connectivity index is 2.42. The molecular weight excluding hydrogens is 274 g/mol. The van der Waals surface area contributed by atoms with Crippen molar-refractivity contribution in [2.24, 2.45) is 0 Å². The number of carbonyl (C=O) groups is 1. The van der Waals surface area contributed by atoms with Crippen molar-refractivity contribution in [1.82, 2.24) is 0 Å². The highest BCUT2D eigenvalue weighted by Gasteiger charge is 2.25. The van der Waals surface area contributed by atoms with E-state index in [0.717, 1.165) is 17.8 Å². The standard InChI is InChI=1S/C16H22ClNO2/c1-3-18(12-7-5-4-6-8-12)15-11(2)13(16(19)20)9-10-14(15)17/h9-10,12H,3-8H2,1-2H3,(H,19,20). The summed E-state index contributed by atoms with van der Waals surface area (Å²) in [5.74, 6) is -0.889. The Labute approximate surface area is 125 Å². The van der Waals surface area contributed by atoms with Gasteiger partial charge in [0, 0.05) is 12.6 Å². The molecule has 0 aliphatic heterocycles. The summed E-state index contributed by atoms with van der Waals surface area (Å²) in [6.07, 6.45) is 6.13. The Kier molecular flexibility index (Phi) is 4.92. The lowest BCUT2D eigenvalue weighted by atomic mass is 9.93. The van der Waals surface area contributed by atoms with Gasteiger partial charge >= 0.3 is 5.97 Å². The third-order valence-electron chi connectivity index (χ3n) is 4.26. The Morgan fingerprint density at radius 3 is 2.55 bits per heavy atom. The van der Waals surface area contributed by atoms with Gasteiger partial charge < -0.3 is 10.0 Å². The number of hydrogen-bond acceptors (Lipinski definition) is 2. The van der Waals surface area contributed by atoms with Crippen LogP contribution in [0.25, 0.3) is 0 Å². The number of hydrogen-bond donors (Lipinski definition) is 1. The number of aromatic carboxylic acids is 1. The van der Waals surface area contributed by atoms with Gasteiger partial charge in [0.25, 0.3) is 0 Å². The molecule has 2 rings (SSSR count). The Morgan fingerprint density at radius 2 is 2.00 bits per heavy atom. The van der Waals surface area contributed by atoms with Crippen LogP contribution in [-0.2, 0) is 0 Å². The summed E-state index contributed by atoms with van der Waals surface area (Å²) < 4.78 is 0. The molecule has 1 aromatic carbocycles. The fourth-order valence-electron chi connectivity index (χ4n) is 3.24. The second kappa shape index (κ2) is 6.49. The summed E-state index contributed by atoms with van der Waals surface area (Å²) >= 11 is 6.36. The van der Waals surface area contributed by atoms with Crippen molar-refractivity contribution >= 4 is 23.3 Å². The second-order valence-electron chi connectivity index (χ2n) is 5.45. The average molecular weight is 296 g/mol. The Morgan fingerprint density at radius 1 is 1.35 bits per heavy atom. The van der Waals surface area contributed by atoms with E-state index in [0.29, 0.717) is 16.6 Å². The third-order valence-corrected chi connectivity index (χ3v) is 4.56. The van der Waals surface area contributed by atoms with E-state index in [2.05, 4.69) is 11.8 Å². The zero-order valence-electron chi connectivity index (χ0n) is 12.2. The van der Waals surface area contributed by atoms with Crippen molar-refractivity contribution in [2.75, 3.05) is 11.4 Å². The van der Waals surface area contributed by atoms with Gasteiger partial charge in [-0.15, -0.1) is 0 Å². The number of nitrogens with zero attached hydrogens (tertiary/aromatic N) is 1. The summed E-state index contributed by atoms with van der Waals surface area (Å²) in [5, 5.41) is 9.94. The maximum absolute atomic E-state index is 11.3. The molecule has 0 spiro atoms. The Bertz CT molecular complexity index is 495. The first-order valence-electron chi connectivity index (χ1n) is 7.35. The lowest BCUT2D eigenvalue weighted by Crippen LogP contribution is -2.37. The molecule has 0 unspecified atom stereocenters. The summed E-state index contributed by atoms with van der Waals surface area (Å²) in [6.45, 7) is 4.82. The SMILES string of the molecule is CCN(c1c(Cl)ccc(C(=O)O)c1C)C1CCCCC1. The van der Waals surface area contributed by atoms with Crippen molar-refractivity contribution in [3.8, 4) is 0 Å². The summed E-state index contributed by atoms with van der Waals surface area (Å²) in [7, 11) is 0. The van der Waals surface area contributed by atoms with E-state index < -0.39 is 5.97 Å². The molecule has 0 heterocycles. The number of carboxylic acid groups (broad SMARTS) is 1. The van der Waals surface area contributed by atoms with Gasteiger partial charge in [-0.3, -0.25) is 0 Å². The molecule has 1 aliphatic carbocycles. The van der Waals surface area contributed by atoms with Gasteiger partial charge in [-0.2, -0.15) is 0 Å². The van der Waals surface area contributed by atoms with Crippen LogP contribution in [0, 0.1) is 6.92 Å². The maximum Gasteiger partial charge on any atom is 0.336 e. The van der Waals surface area contributed by atoms with E-state index >= 15 is 0 Å². The Hall–Kier alpha value is -1.22. The van der Waals surface area contributed by atoms with Crippen LogP contribution in [0.1, 0.15) is 54.9 Å². The van der Waals surface area contributed by atoms with Crippen LogP contribution in [0.2, 0.25) is 5.02 Å². The van der Waals surface area contributed by atoms with Crippen LogP contribution < -0.4 is 4.90 Å². The first-order chi connectivity index (χ1) is 9.56. The summed E-state index contributed by atoms with van der Waals surface area (Å²) in [4.78, 5) is 13.6. The van der Waals surface area contributed by atoms with Crippen molar-refractivity contribution in [1.29, 1.82) is 0 Å². The van der Waals surface area contributed by atoms with Gasteiger partial charge in [0.2, 0.25) is 0 Å². The molecule has 0 atom stereocenters. The highest BCUT2D eigenvalue weighted by atomic mass is 35.5. The number of anilines is 1. The van der Waals surface area contributed by atoms with E-state index in [1.54, 1.807) is 12.1 Å². The van der Waals surface area contributed by atoms with Crippen LogP contribution in [-0.4, -0.2) is 23.7 Å². The molecule has 1 fully saturated rings. The van der Waals surface area contributed by atoms with Gasteiger partial charge in [0.1, 0.15) is 0 Å². The molecule has 0 aromatic heterocycles. The average Bonchev–Trinajstić information content (AvgIpc) is 2.44. The van der Waals surface area contributed by atoms with Crippen molar-refractivity contribution in [3.63, 3.8) is 0 Å². The van der Waals surface area contributed by atoms with E-state index in [-0.39, 0.29) is 0 Å². The van der Waals surface area contributed by atoms with Gasteiger partial charge in [0.05, 0.1) is 16.3 Å². The number of halogens is 1. The fraction of sp³-hybridized carbons (Fsp3) is 0.562. The molecule has 1 aliphatic rings. The van der Waals surface area contributed by atoms with Gasteiger partial charge in [-0.25, -0.2) is 4.79 Å². The highest BCUT2D eigenvalue weighted by molar-refractivity contribution is 6.33. The van der Waals surface area contributed by atoms with Crippen molar-refractivity contribution in [2.45, 2.75) is 52.0 Å². The zero-order valence-corrected chi connectivity index (χ0v) is 12.9. The molecule has 1 N–H and O–H groups in total. The first kappa shape index (κ1) is 15.2. The molecular formula is C16H22ClNO2. The van der Waals surface area contributed by atoms with Gasteiger partial charge in [-0.1, -0.05) is 30.9 Å². The smallest absolute Gasteiger partial charge is 0.336 e. The molecule has 0 bridgehead atoms. The predicted molar refractivity (Wildman–Crippen MR) is 83.0 cm³/mol. The minimum absolute atomic E-state index is 0.346. The normalized spacial score (nSPS) is 16.1. The van der Waals surface area contributed by atoms with Gasteiger partial charge in [-0.05, 0) is 44.4 Å². The quantitative estimate of drug-likeness (QED) is 0.888. The molecule has 0 radical (unpaired) electrons. The minimum Gasteiger partial charge on any atom is -0.478 e. The molecule has 0 saturated heterocycles. The van der Waals surface area contributed by atoms with Crippen LogP contribution in [0.5, 0.6) is 0 Å². The maximum atomic E-state index is 11.3. The number of benzene rings is 1. The monoisotopic (exact) mass is 295 g/mol. The molecule has 0 amide bonds.